The number of nitrogens with zero attached hydrogens (tertiary/aromatic N) is 1. The number of aliphatic hydroxyl groups excluding tert-OH is 1. The van der Waals surface area contributed by atoms with Crippen LogP contribution >= 0.6 is 0 Å². The minimum Gasteiger partial charge on any atom is -0.396 e. The summed E-state index contributed by atoms with van der Waals surface area (Å²) in [5, 5.41) is 8.57. The van der Waals surface area contributed by atoms with Gasteiger partial charge in [0.1, 0.15) is 17.5 Å². The Morgan fingerprint density at radius 1 is 1.38 bits per heavy atom. The average molecular weight is 225 g/mol. The van der Waals surface area contributed by atoms with E-state index in [1.165, 1.54) is 6.21 Å². The van der Waals surface area contributed by atoms with Crippen LogP contribution in [0.25, 0.3) is 0 Å². The van der Waals surface area contributed by atoms with E-state index in [0.717, 1.165) is 0 Å². The van der Waals surface area contributed by atoms with E-state index in [2.05, 4.69) is 4.99 Å². The molecule has 1 aliphatic rings. The molecule has 16 heavy (non-hydrogen) atoms. The molecule has 90 valence electrons. The molecule has 4 nitrogen and oxygen atoms in total. The first-order chi connectivity index (χ1) is 7.46. The zero-order valence-electron chi connectivity index (χ0n) is 9.90. The molecule has 0 saturated heterocycles. The molecular formula is C12H19NO3. The Balaban J connectivity index is 2.58. The van der Waals surface area contributed by atoms with Gasteiger partial charge in [-0.15, -0.1) is 0 Å². The molecular weight excluding hydrogens is 206 g/mol. The predicted molar refractivity (Wildman–Crippen MR) is 61.6 cm³/mol. The SMILES string of the molecule is CC1(C)CC(=O)C(C=NCCCO)C(=O)C1. The third-order valence-electron chi connectivity index (χ3n) is 2.70. The highest BCUT2D eigenvalue weighted by atomic mass is 16.3. The van der Waals surface area contributed by atoms with Crippen molar-refractivity contribution in [1.29, 1.82) is 0 Å². The lowest BCUT2D eigenvalue weighted by molar-refractivity contribution is -0.136. The summed E-state index contributed by atoms with van der Waals surface area (Å²) in [7, 11) is 0. The largest absolute Gasteiger partial charge is 0.396 e. The molecule has 0 bridgehead atoms. The van der Waals surface area contributed by atoms with Crippen molar-refractivity contribution in [1.82, 2.24) is 0 Å². The summed E-state index contributed by atoms with van der Waals surface area (Å²) in [6.45, 7) is 4.41. The Hall–Kier alpha value is -1.03. The van der Waals surface area contributed by atoms with Gasteiger partial charge in [0.25, 0.3) is 0 Å². The van der Waals surface area contributed by atoms with Crippen LogP contribution in [-0.4, -0.2) is 36.0 Å². The summed E-state index contributed by atoms with van der Waals surface area (Å²) in [5.74, 6) is -0.713. The first-order valence-corrected chi connectivity index (χ1v) is 5.62. The van der Waals surface area contributed by atoms with Gasteiger partial charge in [-0.3, -0.25) is 14.6 Å². The van der Waals surface area contributed by atoms with Crippen LogP contribution in [0.3, 0.4) is 0 Å². The first-order valence-electron chi connectivity index (χ1n) is 5.62. The maximum absolute atomic E-state index is 11.7. The van der Waals surface area contributed by atoms with Crippen LogP contribution in [0.1, 0.15) is 33.1 Å². The van der Waals surface area contributed by atoms with Crippen molar-refractivity contribution >= 4 is 17.8 Å². The second-order valence-corrected chi connectivity index (χ2v) is 5.06. The van der Waals surface area contributed by atoms with E-state index in [0.29, 0.717) is 25.8 Å². The summed E-state index contributed by atoms with van der Waals surface area (Å²) < 4.78 is 0. The van der Waals surface area contributed by atoms with E-state index in [-0.39, 0.29) is 23.6 Å². The van der Waals surface area contributed by atoms with Crippen LogP contribution in [0.15, 0.2) is 4.99 Å². The zero-order valence-corrected chi connectivity index (χ0v) is 9.90. The summed E-state index contributed by atoms with van der Waals surface area (Å²) in [6, 6.07) is 0. The quantitative estimate of drug-likeness (QED) is 0.441. The van der Waals surface area contributed by atoms with Gasteiger partial charge in [-0.2, -0.15) is 0 Å². The van der Waals surface area contributed by atoms with E-state index in [4.69, 9.17) is 5.11 Å². The number of hydrogen-bond acceptors (Lipinski definition) is 4. The highest BCUT2D eigenvalue weighted by molar-refractivity contribution is 6.16. The van der Waals surface area contributed by atoms with Crippen molar-refractivity contribution in [3.8, 4) is 0 Å². The Morgan fingerprint density at radius 2 is 1.94 bits per heavy atom. The van der Waals surface area contributed by atoms with Crippen molar-refractivity contribution in [3.63, 3.8) is 0 Å². The molecule has 1 fully saturated rings. The number of aliphatic imine (C=N–C) groups is 1. The van der Waals surface area contributed by atoms with Crippen LogP contribution in [0.5, 0.6) is 0 Å². The minimum absolute atomic E-state index is 0.0333. The molecule has 0 heterocycles. The molecule has 0 amide bonds. The molecule has 0 radical (unpaired) electrons. The molecule has 1 N–H and O–H groups in total. The molecule has 0 unspecified atom stereocenters. The smallest absolute Gasteiger partial charge is 0.149 e. The van der Waals surface area contributed by atoms with Gasteiger partial charge in [0, 0.05) is 32.2 Å². The van der Waals surface area contributed by atoms with E-state index in [1.54, 1.807) is 0 Å². The molecule has 1 saturated carbocycles. The molecule has 0 spiro atoms. The monoisotopic (exact) mass is 225 g/mol. The maximum Gasteiger partial charge on any atom is 0.149 e. The predicted octanol–water partition coefficient (Wildman–Crippen LogP) is 1.01. The molecule has 1 rings (SSSR count). The van der Waals surface area contributed by atoms with Gasteiger partial charge >= 0.3 is 0 Å². The summed E-state index contributed by atoms with van der Waals surface area (Å²) in [6.07, 6.45) is 2.90. The number of aliphatic hydroxyl groups is 1. The van der Waals surface area contributed by atoms with E-state index in [9.17, 15) is 9.59 Å². The van der Waals surface area contributed by atoms with Crippen molar-refractivity contribution in [2.45, 2.75) is 33.1 Å². The fourth-order valence-electron chi connectivity index (χ4n) is 1.91. The second kappa shape index (κ2) is 5.34. The number of rotatable bonds is 4. The number of carbonyl (C=O) groups is 2. The lowest BCUT2D eigenvalue weighted by Gasteiger charge is -2.30. The number of ketones is 2. The van der Waals surface area contributed by atoms with Crippen LogP contribution in [0.4, 0.5) is 0 Å². The fraction of sp³-hybridized carbons (Fsp3) is 0.750. The fourth-order valence-corrected chi connectivity index (χ4v) is 1.91. The van der Waals surface area contributed by atoms with Crippen LogP contribution in [-0.2, 0) is 9.59 Å². The van der Waals surface area contributed by atoms with Gasteiger partial charge in [-0.1, -0.05) is 13.8 Å². The zero-order chi connectivity index (χ0) is 12.2. The topological polar surface area (TPSA) is 66.7 Å². The van der Waals surface area contributed by atoms with Crippen molar-refractivity contribution in [2.24, 2.45) is 16.3 Å². The van der Waals surface area contributed by atoms with Gasteiger partial charge in [0.15, 0.2) is 0 Å². The van der Waals surface area contributed by atoms with E-state index < -0.39 is 5.92 Å². The highest BCUT2D eigenvalue weighted by Gasteiger charge is 2.38. The summed E-state index contributed by atoms with van der Waals surface area (Å²) in [4.78, 5) is 27.5. The lowest BCUT2D eigenvalue weighted by atomic mass is 9.72. The van der Waals surface area contributed by atoms with Gasteiger partial charge in [-0.05, 0) is 11.8 Å². The van der Waals surface area contributed by atoms with Crippen LogP contribution in [0.2, 0.25) is 0 Å². The van der Waals surface area contributed by atoms with Crippen molar-refractivity contribution in [2.75, 3.05) is 13.2 Å². The third-order valence-corrected chi connectivity index (χ3v) is 2.70. The number of hydrogen-bond donors (Lipinski definition) is 1. The molecule has 0 atom stereocenters. The molecule has 4 heteroatoms. The Bertz CT molecular complexity index is 287. The second-order valence-electron chi connectivity index (χ2n) is 5.06. The van der Waals surface area contributed by atoms with Gasteiger partial charge in [0.2, 0.25) is 0 Å². The molecule has 0 aromatic rings. The first kappa shape index (κ1) is 13.0. The standard InChI is InChI=1S/C12H19NO3/c1-12(2)6-10(15)9(11(16)7-12)8-13-4-3-5-14/h8-9,14H,3-7H2,1-2H3. The lowest BCUT2D eigenvalue weighted by Crippen LogP contribution is -2.38. The number of Topliss-reactive ketones (excluding diaryl/α,β-unsaturated/α-hetero) is 2. The molecule has 0 aromatic heterocycles. The van der Waals surface area contributed by atoms with Crippen molar-refractivity contribution < 1.29 is 14.7 Å². The van der Waals surface area contributed by atoms with Gasteiger partial charge < -0.3 is 5.11 Å². The number of carbonyl (C=O) groups excluding carboxylic acids is 2. The molecule has 1 aliphatic carbocycles. The van der Waals surface area contributed by atoms with Gasteiger partial charge in [0.05, 0.1) is 0 Å². The van der Waals surface area contributed by atoms with E-state index in [1.807, 2.05) is 13.8 Å². The third kappa shape index (κ3) is 3.52. The summed E-state index contributed by atoms with van der Waals surface area (Å²) >= 11 is 0. The molecule has 0 aromatic carbocycles. The van der Waals surface area contributed by atoms with Crippen LogP contribution < -0.4 is 0 Å². The Labute approximate surface area is 95.8 Å². The minimum atomic E-state index is -0.647. The normalized spacial score (nSPS) is 21.9. The van der Waals surface area contributed by atoms with E-state index >= 15 is 0 Å². The molecule has 0 aliphatic heterocycles. The Kier molecular flexibility index (Phi) is 4.35. The summed E-state index contributed by atoms with van der Waals surface area (Å²) in [5.41, 5.74) is -0.205. The van der Waals surface area contributed by atoms with Crippen LogP contribution in [0, 0.1) is 11.3 Å². The highest BCUT2D eigenvalue weighted by Crippen LogP contribution is 2.33. The Morgan fingerprint density at radius 3 is 2.44 bits per heavy atom. The van der Waals surface area contributed by atoms with Gasteiger partial charge in [-0.25, -0.2) is 0 Å². The average Bonchev–Trinajstić information content (AvgIpc) is 2.13. The van der Waals surface area contributed by atoms with Crippen molar-refractivity contribution in [3.05, 3.63) is 0 Å². The maximum atomic E-state index is 11.7.